The van der Waals surface area contributed by atoms with E-state index in [1.54, 1.807) is 12.1 Å². The number of ether oxygens (including phenoxy) is 1. The summed E-state index contributed by atoms with van der Waals surface area (Å²) in [6.45, 7) is 6.39. The molecule has 7 heteroatoms. The standard InChI is InChI=1S/C21H23ClN4O2/c1-4-28-20-8-5-13(2)9-17(20)14(3)25-12-15(11-23)21(27)26-19-7-6-16(24)10-18(19)22/h5-10,12,14,25H,4,24H2,1-3H3,(H,26,27)/b15-12-. The zero-order valence-electron chi connectivity index (χ0n) is 16.0. The number of halogens is 1. The van der Waals surface area contributed by atoms with Gasteiger partial charge >= 0.3 is 0 Å². The van der Waals surface area contributed by atoms with E-state index in [4.69, 9.17) is 22.1 Å². The molecule has 0 aliphatic heterocycles. The van der Waals surface area contributed by atoms with Gasteiger partial charge in [-0.15, -0.1) is 0 Å². The second kappa shape index (κ2) is 9.67. The minimum absolute atomic E-state index is 0.0784. The first-order valence-electron chi connectivity index (χ1n) is 8.81. The highest BCUT2D eigenvalue weighted by Gasteiger charge is 2.14. The van der Waals surface area contributed by atoms with Crippen LogP contribution in [0.25, 0.3) is 0 Å². The fourth-order valence-electron chi connectivity index (χ4n) is 2.56. The molecule has 4 N–H and O–H groups in total. The van der Waals surface area contributed by atoms with Crippen molar-refractivity contribution in [2.24, 2.45) is 0 Å². The fraction of sp³-hybridized carbons (Fsp3) is 0.238. The third-order valence-corrected chi connectivity index (χ3v) is 4.33. The van der Waals surface area contributed by atoms with Crippen LogP contribution in [0.5, 0.6) is 5.75 Å². The maximum absolute atomic E-state index is 12.4. The first kappa shape index (κ1) is 21.1. The number of nitriles is 1. The lowest BCUT2D eigenvalue weighted by Crippen LogP contribution is -2.19. The van der Waals surface area contributed by atoms with Crippen LogP contribution in [0.3, 0.4) is 0 Å². The number of amides is 1. The number of carbonyl (C=O) groups is 1. The number of aryl methyl sites for hydroxylation is 1. The minimum atomic E-state index is -0.567. The lowest BCUT2D eigenvalue weighted by molar-refractivity contribution is -0.112. The summed E-state index contributed by atoms with van der Waals surface area (Å²) in [5.74, 6) is 0.196. The molecule has 0 bridgehead atoms. The third kappa shape index (κ3) is 5.41. The number of carbonyl (C=O) groups excluding carboxylic acids is 1. The van der Waals surface area contributed by atoms with Crippen molar-refractivity contribution >= 4 is 28.9 Å². The van der Waals surface area contributed by atoms with Gasteiger partial charge in [0.2, 0.25) is 0 Å². The maximum Gasteiger partial charge on any atom is 0.267 e. The van der Waals surface area contributed by atoms with E-state index in [2.05, 4.69) is 10.6 Å². The van der Waals surface area contributed by atoms with Gasteiger partial charge in [-0.2, -0.15) is 5.26 Å². The molecule has 0 aliphatic rings. The van der Waals surface area contributed by atoms with E-state index in [1.807, 2.05) is 45.0 Å². The molecule has 0 fully saturated rings. The summed E-state index contributed by atoms with van der Waals surface area (Å²) in [6.07, 6.45) is 1.39. The average molecular weight is 399 g/mol. The van der Waals surface area contributed by atoms with Crippen molar-refractivity contribution in [3.63, 3.8) is 0 Å². The number of rotatable bonds is 7. The quantitative estimate of drug-likeness (QED) is 0.366. The topological polar surface area (TPSA) is 100 Å². The van der Waals surface area contributed by atoms with E-state index >= 15 is 0 Å². The highest BCUT2D eigenvalue weighted by atomic mass is 35.5. The summed E-state index contributed by atoms with van der Waals surface area (Å²) in [7, 11) is 0. The van der Waals surface area contributed by atoms with Crippen LogP contribution in [0, 0.1) is 18.3 Å². The summed E-state index contributed by atoms with van der Waals surface area (Å²) in [6, 6.07) is 12.4. The molecule has 0 heterocycles. The number of hydrogen-bond donors (Lipinski definition) is 3. The second-order valence-electron chi connectivity index (χ2n) is 6.23. The lowest BCUT2D eigenvalue weighted by atomic mass is 10.0. The Kier molecular flexibility index (Phi) is 7.30. The number of nitrogens with one attached hydrogen (secondary N) is 2. The van der Waals surface area contributed by atoms with Crippen LogP contribution in [0.2, 0.25) is 5.02 Å². The van der Waals surface area contributed by atoms with Crippen molar-refractivity contribution in [1.82, 2.24) is 5.32 Å². The first-order chi connectivity index (χ1) is 13.3. The molecular formula is C21H23ClN4O2. The van der Waals surface area contributed by atoms with Crippen LogP contribution in [0.15, 0.2) is 48.2 Å². The van der Waals surface area contributed by atoms with Crippen molar-refractivity contribution in [2.75, 3.05) is 17.7 Å². The molecule has 0 saturated carbocycles. The Morgan fingerprint density at radius 2 is 2.11 bits per heavy atom. The summed E-state index contributed by atoms with van der Waals surface area (Å²) in [4.78, 5) is 12.4. The summed E-state index contributed by atoms with van der Waals surface area (Å²) >= 11 is 6.06. The van der Waals surface area contributed by atoms with Gasteiger partial charge in [-0.3, -0.25) is 4.79 Å². The first-order valence-corrected chi connectivity index (χ1v) is 9.19. The molecule has 6 nitrogen and oxygen atoms in total. The van der Waals surface area contributed by atoms with Gasteiger partial charge in [0.25, 0.3) is 5.91 Å². The van der Waals surface area contributed by atoms with Gasteiger partial charge in [0, 0.05) is 17.5 Å². The van der Waals surface area contributed by atoms with E-state index in [1.165, 1.54) is 12.3 Å². The molecule has 1 unspecified atom stereocenters. The Balaban J connectivity index is 2.15. The molecule has 2 aromatic carbocycles. The molecule has 2 rings (SSSR count). The molecule has 1 amide bonds. The van der Waals surface area contributed by atoms with E-state index in [0.717, 1.165) is 16.9 Å². The van der Waals surface area contributed by atoms with E-state index in [-0.39, 0.29) is 11.6 Å². The Hall–Kier alpha value is -3.17. The molecular weight excluding hydrogens is 376 g/mol. The van der Waals surface area contributed by atoms with E-state index in [0.29, 0.717) is 23.0 Å². The van der Waals surface area contributed by atoms with Gasteiger partial charge < -0.3 is 21.1 Å². The van der Waals surface area contributed by atoms with Crippen LogP contribution < -0.4 is 21.1 Å². The number of benzene rings is 2. The smallest absolute Gasteiger partial charge is 0.267 e. The highest BCUT2D eigenvalue weighted by Crippen LogP contribution is 2.27. The van der Waals surface area contributed by atoms with Crippen LogP contribution >= 0.6 is 11.6 Å². The zero-order chi connectivity index (χ0) is 20.7. The van der Waals surface area contributed by atoms with Crippen LogP contribution in [0.4, 0.5) is 11.4 Å². The van der Waals surface area contributed by atoms with Gasteiger partial charge in [0.1, 0.15) is 17.4 Å². The number of hydrogen-bond acceptors (Lipinski definition) is 5. The highest BCUT2D eigenvalue weighted by molar-refractivity contribution is 6.34. The molecule has 1 atom stereocenters. The van der Waals surface area contributed by atoms with Gasteiger partial charge in [-0.1, -0.05) is 29.3 Å². The molecule has 0 aromatic heterocycles. The Morgan fingerprint density at radius 1 is 1.36 bits per heavy atom. The monoisotopic (exact) mass is 398 g/mol. The Bertz CT molecular complexity index is 934. The Morgan fingerprint density at radius 3 is 2.75 bits per heavy atom. The number of nitrogen functional groups attached to an aromatic ring is 1. The molecule has 0 radical (unpaired) electrons. The van der Waals surface area contributed by atoms with Crippen molar-refractivity contribution in [2.45, 2.75) is 26.8 Å². The minimum Gasteiger partial charge on any atom is -0.494 e. The third-order valence-electron chi connectivity index (χ3n) is 4.02. The largest absolute Gasteiger partial charge is 0.494 e. The van der Waals surface area contributed by atoms with Crippen molar-refractivity contribution in [3.05, 3.63) is 64.3 Å². The van der Waals surface area contributed by atoms with Gasteiger partial charge in [-0.25, -0.2) is 0 Å². The van der Waals surface area contributed by atoms with E-state index in [9.17, 15) is 10.1 Å². The average Bonchev–Trinajstić information content (AvgIpc) is 2.66. The zero-order valence-corrected chi connectivity index (χ0v) is 16.8. The number of anilines is 2. The van der Waals surface area contributed by atoms with Crippen molar-refractivity contribution in [1.29, 1.82) is 5.26 Å². The lowest BCUT2D eigenvalue weighted by Gasteiger charge is -2.18. The van der Waals surface area contributed by atoms with Gasteiger partial charge in [-0.05, 0) is 45.0 Å². The molecule has 28 heavy (non-hydrogen) atoms. The molecule has 0 aliphatic carbocycles. The summed E-state index contributed by atoms with van der Waals surface area (Å²) in [5, 5.41) is 15.4. The SMILES string of the molecule is CCOc1ccc(C)cc1C(C)N/C=C(/C#N)C(=O)Nc1ccc(N)cc1Cl. The Labute approximate surface area is 169 Å². The maximum atomic E-state index is 12.4. The number of nitrogens with zero attached hydrogens (tertiary/aromatic N) is 1. The molecule has 0 spiro atoms. The normalized spacial score (nSPS) is 12.0. The van der Waals surface area contributed by atoms with Crippen LogP contribution in [0.1, 0.15) is 31.0 Å². The summed E-state index contributed by atoms with van der Waals surface area (Å²) < 4.78 is 5.67. The predicted molar refractivity (Wildman–Crippen MR) is 112 cm³/mol. The fourth-order valence-corrected chi connectivity index (χ4v) is 2.80. The van der Waals surface area contributed by atoms with Crippen LogP contribution in [-0.4, -0.2) is 12.5 Å². The second-order valence-corrected chi connectivity index (χ2v) is 6.63. The molecule has 0 saturated heterocycles. The number of nitrogens with two attached hydrogens (primary N) is 1. The van der Waals surface area contributed by atoms with Crippen molar-refractivity contribution in [3.8, 4) is 11.8 Å². The molecule has 2 aromatic rings. The predicted octanol–water partition coefficient (Wildman–Crippen LogP) is 4.33. The summed E-state index contributed by atoms with van der Waals surface area (Å²) in [5.41, 5.74) is 8.46. The van der Waals surface area contributed by atoms with Crippen molar-refractivity contribution < 1.29 is 9.53 Å². The van der Waals surface area contributed by atoms with Gasteiger partial charge in [0.15, 0.2) is 0 Å². The van der Waals surface area contributed by atoms with E-state index < -0.39 is 5.91 Å². The van der Waals surface area contributed by atoms with Gasteiger partial charge in [0.05, 0.1) is 23.4 Å². The molecule has 146 valence electrons. The van der Waals surface area contributed by atoms with Crippen LogP contribution in [-0.2, 0) is 4.79 Å².